The van der Waals surface area contributed by atoms with Crippen molar-refractivity contribution in [2.75, 3.05) is 0 Å². The fraction of sp³-hybridized carbons (Fsp3) is 0. The van der Waals surface area contributed by atoms with Crippen LogP contribution < -0.4 is 11.5 Å². The van der Waals surface area contributed by atoms with Crippen molar-refractivity contribution in [2.24, 2.45) is 21.7 Å². The Labute approximate surface area is 88.5 Å². The molecule has 0 aliphatic carbocycles. The first-order valence-electron chi connectivity index (χ1n) is 3.95. The molecule has 86 valence electrons. The van der Waals surface area contributed by atoms with Crippen molar-refractivity contribution in [2.45, 2.75) is 0 Å². The van der Waals surface area contributed by atoms with Crippen molar-refractivity contribution < 1.29 is 19.0 Å². The van der Waals surface area contributed by atoms with Crippen LogP contribution in [-0.4, -0.2) is 22.4 Å². The topological polar surface area (TPSA) is 117 Å². The number of nitrogens with two attached hydrogens (primary N) is 2. The number of phenols is 2. The second kappa shape index (κ2) is 4.43. The first-order valence-corrected chi connectivity index (χ1v) is 3.95. The molecule has 0 aliphatic rings. The largest absolute Gasteiger partial charge is 0.504 e. The lowest BCUT2D eigenvalue weighted by atomic mass is 10.2. The maximum Gasteiger partial charge on any atom is 0.211 e. The van der Waals surface area contributed by atoms with Crippen LogP contribution in [0.2, 0.25) is 0 Å². The van der Waals surface area contributed by atoms with Gasteiger partial charge in [-0.1, -0.05) is 0 Å². The van der Waals surface area contributed by atoms with E-state index in [-0.39, 0.29) is 11.5 Å². The van der Waals surface area contributed by atoms with E-state index < -0.39 is 23.1 Å². The fourth-order valence-corrected chi connectivity index (χ4v) is 0.873. The zero-order valence-electron chi connectivity index (χ0n) is 7.85. The summed E-state index contributed by atoms with van der Waals surface area (Å²) in [6.45, 7) is 0. The lowest BCUT2D eigenvalue weighted by Gasteiger charge is -2.02. The lowest BCUT2D eigenvalue weighted by molar-refractivity contribution is 0.366. The molecule has 0 fully saturated rings. The van der Waals surface area contributed by atoms with Gasteiger partial charge < -0.3 is 21.7 Å². The van der Waals surface area contributed by atoms with Gasteiger partial charge in [-0.05, 0) is 6.07 Å². The monoisotopic (exact) mass is 230 g/mol. The Balaban J connectivity index is 3.16. The number of aromatic hydroxyl groups is 2. The lowest BCUT2D eigenvalue weighted by Crippen LogP contribution is -2.21. The van der Waals surface area contributed by atoms with Gasteiger partial charge >= 0.3 is 0 Å². The van der Waals surface area contributed by atoms with Crippen molar-refractivity contribution in [3.63, 3.8) is 0 Å². The van der Waals surface area contributed by atoms with Crippen LogP contribution in [-0.2, 0) is 0 Å². The Hall–Kier alpha value is -2.38. The van der Waals surface area contributed by atoms with Gasteiger partial charge in [-0.25, -0.2) is 4.39 Å². The van der Waals surface area contributed by atoms with Gasteiger partial charge in [0.15, 0.2) is 17.3 Å². The Kier molecular flexibility index (Phi) is 3.24. The predicted molar refractivity (Wildman–Crippen MR) is 53.1 cm³/mol. The minimum Gasteiger partial charge on any atom is -0.504 e. The zero-order chi connectivity index (χ0) is 12.3. The van der Waals surface area contributed by atoms with Crippen molar-refractivity contribution in [3.8, 4) is 11.5 Å². The van der Waals surface area contributed by atoms with E-state index in [0.29, 0.717) is 6.07 Å². The van der Waals surface area contributed by atoms with Gasteiger partial charge in [0.05, 0.1) is 6.21 Å². The smallest absolute Gasteiger partial charge is 0.211 e. The first-order chi connectivity index (χ1) is 7.43. The summed E-state index contributed by atoms with van der Waals surface area (Å²) in [6.07, 6.45) is 0.834. The van der Waals surface area contributed by atoms with E-state index in [1.807, 2.05) is 0 Å². The number of rotatable bonds is 2. The molecule has 1 aromatic rings. The molecule has 0 amide bonds. The summed E-state index contributed by atoms with van der Waals surface area (Å²) in [5.74, 6) is -5.28. The Bertz CT molecular complexity index is 470. The van der Waals surface area contributed by atoms with Crippen molar-refractivity contribution in [3.05, 3.63) is 23.3 Å². The normalized spacial score (nSPS) is 10.6. The number of phenolic OH excluding ortho intramolecular Hbond substituents is 2. The van der Waals surface area contributed by atoms with E-state index >= 15 is 0 Å². The highest BCUT2D eigenvalue weighted by atomic mass is 19.1. The minimum absolute atomic E-state index is 0.308. The number of hydrogen-bond acceptors (Lipinski definition) is 4. The number of halogens is 2. The zero-order valence-corrected chi connectivity index (χ0v) is 7.85. The average Bonchev–Trinajstić information content (AvgIpc) is 2.22. The number of guanidine groups is 1. The highest BCUT2D eigenvalue weighted by Crippen LogP contribution is 2.30. The van der Waals surface area contributed by atoms with E-state index in [4.69, 9.17) is 21.7 Å². The Morgan fingerprint density at radius 3 is 2.44 bits per heavy atom. The van der Waals surface area contributed by atoms with Gasteiger partial charge in [-0.2, -0.15) is 9.49 Å². The SMILES string of the molecule is NC(N)=NN=Cc1cc(F)c(O)c(F)c1O. The minimum atomic E-state index is -1.48. The Morgan fingerprint density at radius 2 is 1.88 bits per heavy atom. The molecule has 0 unspecified atom stereocenters. The van der Waals surface area contributed by atoms with Crippen LogP contribution in [0.5, 0.6) is 11.5 Å². The highest BCUT2D eigenvalue weighted by molar-refractivity contribution is 5.85. The molecule has 0 radical (unpaired) electrons. The molecule has 0 atom stereocenters. The van der Waals surface area contributed by atoms with Crippen LogP contribution in [0.3, 0.4) is 0 Å². The van der Waals surface area contributed by atoms with Gasteiger partial charge in [0.1, 0.15) is 0 Å². The van der Waals surface area contributed by atoms with Crippen LogP contribution in [0.15, 0.2) is 16.3 Å². The van der Waals surface area contributed by atoms with E-state index in [2.05, 4.69) is 10.2 Å². The molecular formula is C8H8F2N4O2. The van der Waals surface area contributed by atoms with Gasteiger partial charge in [0.25, 0.3) is 0 Å². The molecule has 1 aromatic carbocycles. The number of nitrogens with zero attached hydrogens (tertiary/aromatic N) is 2. The maximum absolute atomic E-state index is 13.0. The van der Waals surface area contributed by atoms with Crippen LogP contribution in [0.25, 0.3) is 0 Å². The third kappa shape index (κ3) is 2.35. The third-order valence-electron chi connectivity index (χ3n) is 1.57. The van der Waals surface area contributed by atoms with E-state index in [1.165, 1.54) is 0 Å². The van der Waals surface area contributed by atoms with Crippen molar-refractivity contribution >= 4 is 12.2 Å². The molecule has 0 saturated carbocycles. The van der Waals surface area contributed by atoms with Crippen LogP contribution in [0, 0.1) is 11.6 Å². The summed E-state index contributed by atoms with van der Waals surface area (Å²) < 4.78 is 25.8. The fourth-order valence-electron chi connectivity index (χ4n) is 0.873. The summed E-state index contributed by atoms with van der Waals surface area (Å²) in [5.41, 5.74) is 9.58. The van der Waals surface area contributed by atoms with Crippen molar-refractivity contribution in [1.29, 1.82) is 0 Å². The van der Waals surface area contributed by atoms with Crippen LogP contribution >= 0.6 is 0 Å². The molecule has 0 saturated heterocycles. The van der Waals surface area contributed by atoms with Gasteiger partial charge in [0.2, 0.25) is 11.8 Å². The van der Waals surface area contributed by atoms with E-state index in [1.54, 1.807) is 0 Å². The molecule has 6 nitrogen and oxygen atoms in total. The second-order valence-electron chi connectivity index (χ2n) is 2.73. The molecule has 1 rings (SSSR count). The highest BCUT2D eigenvalue weighted by Gasteiger charge is 2.16. The molecule has 0 heterocycles. The molecule has 6 N–H and O–H groups in total. The molecule has 0 aliphatic heterocycles. The molecule has 0 bridgehead atoms. The van der Waals surface area contributed by atoms with Gasteiger partial charge in [0, 0.05) is 5.56 Å². The maximum atomic E-state index is 13.0. The van der Waals surface area contributed by atoms with Gasteiger partial charge in [-0.3, -0.25) is 0 Å². The second-order valence-corrected chi connectivity index (χ2v) is 2.73. The van der Waals surface area contributed by atoms with Gasteiger partial charge in [-0.15, -0.1) is 5.10 Å². The van der Waals surface area contributed by atoms with E-state index in [0.717, 1.165) is 6.21 Å². The molecule has 8 heteroatoms. The number of benzene rings is 1. The molecule has 0 aromatic heterocycles. The summed E-state index contributed by atoms with van der Waals surface area (Å²) in [4.78, 5) is 0. The standard InChI is InChI=1S/C8H8F2N4O2/c9-4-1-3(2-13-14-8(11)12)6(15)5(10)7(4)16/h1-2,15-16H,(H4,11,12,14). The molecule has 0 spiro atoms. The van der Waals surface area contributed by atoms with Crippen LogP contribution in [0.4, 0.5) is 8.78 Å². The number of hydrogen-bond donors (Lipinski definition) is 4. The van der Waals surface area contributed by atoms with E-state index in [9.17, 15) is 8.78 Å². The Morgan fingerprint density at radius 1 is 1.25 bits per heavy atom. The summed E-state index contributed by atoms with van der Waals surface area (Å²) in [6, 6.07) is 0.680. The average molecular weight is 230 g/mol. The van der Waals surface area contributed by atoms with Crippen molar-refractivity contribution in [1.82, 2.24) is 0 Å². The predicted octanol–water partition coefficient (Wildman–Crippen LogP) is -0.0167. The van der Waals surface area contributed by atoms with Crippen LogP contribution in [0.1, 0.15) is 5.56 Å². The first kappa shape index (κ1) is 11.7. The summed E-state index contributed by atoms with van der Waals surface area (Å²) in [7, 11) is 0. The molecule has 16 heavy (non-hydrogen) atoms. The quantitative estimate of drug-likeness (QED) is 0.324. The third-order valence-corrected chi connectivity index (χ3v) is 1.57. The summed E-state index contributed by atoms with van der Waals surface area (Å²) >= 11 is 0. The summed E-state index contributed by atoms with van der Waals surface area (Å²) in [5, 5.41) is 24.4. The molecular weight excluding hydrogens is 222 g/mol.